The zero-order valence-corrected chi connectivity index (χ0v) is 12.0. The lowest BCUT2D eigenvalue weighted by molar-refractivity contribution is 0.263. The van der Waals surface area contributed by atoms with Gasteiger partial charge in [0.05, 0.1) is 23.7 Å². The Bertz CT molecular complexity index is 873. The van der Waals surface area contributed by atoms with Crippen LogP contribution in [0.25, 0.3) is 21.9 Å². The van der Waals surface area contributed by atoms with Gasteiger partial charge in [-0.3, -0.25) is 0 Å². The molecule has 0 radical (unpaired) electrons. The van der Waals surface area contributed by atoms with E-state index in [-0.39, 0.29) is 0 Å². The van der Waals surface area contributed by atoms with Gasteiger partial charge in [-0.1, -0.05) is 0 Å². The van der Waals surface area contributed by atoms with Crippen molar-refractivity contribution in [1.29, 1.82) is 5.26 Å². The third-order valence-electron chi connectivity index (χ3n) is 4.09. The molecule has 1 aliphatic rings. The third-order valence-corrected chi connectivity index (χ3v) is 4.09. The summed E-state index contributed by atoms with van der Waals surface area (Å²) in [5.74, 6) is 1.35. The molecule has 0 unspecified atom stereocenters. The molecule has 110 valence electrons. The Labute approximate surface area is 127 Å². The first-order chi connectivity index (χ1) is 10.8. The molecule has 6 heteroatoms. The molecule has 3 aromatic heterocycles. The first-order valence-electron chi connectivity index (χ1n) is 7.35. The molecular weight excluding hydrogens is 278 g/mol. The van der Waals surface area contributed by atoms with Crippen LogP contribution in [0.4, 0.5) is 0 Å². The molecule has 4 heterocycles. The number of hydrogen-bond donors (Lipinski definition) is 2. The number of nitrogens with one attached hydrogen (secondary N) is 2. The Balaban J connectivity index is 1.78. The first kappa shape index (κ1) is 13.0. The van der Waals surface area contributed by atoms with E-state index in [1.54, 1.807) is 18.5 Å². The van der Waals surface area contributed by atoms with Crippen LogP contribution in [0.15, 0.2) is 24.5 Å². The molecule has 0 spiro atoms. The molecule has 0 aliphatic carbocycles. The molecular formula is C16H15N5O. The summed E-state index contributed by atoms with van der Waals surface area (Å²) in [5.41, 5.74) is 2.01. The number of fused-ring (bicyclic) bond motifs is 3. The van der Waals surface area contributed by atoms with E-state index in [0.29, 0.717) is 18.2 Å². The summed E-state index contributed by atoms with van der Waals surface area (Å²) >= 11 is 0. The molecule has 22 heavy (non-hydrogen) atoms. The van der Waals surface area contributed by atoms with E-state index in [4.69, 9.17) is 10.00 Å². The molecule has 1 aliphatic heterocycles. The third kappa shape index (κ3) is 2.16. The summed E-state index contributed by atoms with van der Waals surface area (Å²) in [4.78, 5) is 11.7. The van der Waals surface area contributed by atoms with Crippen LogP contribution in [-0.4, -0.2) is 34.6 Å². The average Bonchev–Trinajstić information content (AvgIpc) is 3.19. The molecule has 1 saturated heterocycles. The zero-order chi connectivity index (χ0) is 14.9. The van der Waals surface area contributed by atoms with E-state index in [1.165, 1.54) is 0 Å². The number of pyridine rings is 2. The van der Waals surface area contributed by atoms with Gasteiger partial charge in [0.25, 0.3) is 0 Å². The van der Waals surface area contributed by atoms with Crippen LogP contribution >= 0.6 is 0 Å². The standard InChI is InChI=1S/C16H15N5O/c17-6-11-5-12-13(8-20-11)21-16-15(12)14(2-4-19-16)22-9-10-1-3-18-7-10/h2,4-5,8,10,18H,1,3,7,9H2,(H,19,21)/t10-/m0/s1. The van der Waals surface area contributed by atoms with Gasteiger partial charge in [0.15, 0.2) is 0 Å². The minimum Gasteiger partial charge on any atom is -0.492 e. The van der Waals surface area contributed by atoms with Crippen molar-refractivity contribution >= 4 is 21.9 Å². The van der Waals surface area contributed by atoms with E-state index in [0.717, 1.165) is 47.2 Å². The summed E-state index contributed by atoms with van der Waals surface area (Å²) in [6.45, 7) is 2.75. The van der Waals surface area contributed by atoms with Crippen LogP contribution in [0, 0.1) is 17.2 Å². The van der Waals surface area contributed by atoms with E-state index in [1.807, 2.05) is 6.07 Å². The summed E-state index contributed by atoms with van der Waals surface area (Å²) in [5, 5.41) is 14.2. The van der Waals surface area contributed by atoms with Crippen molar-refractivity contribution in [3.05, 3.63) is 30.2 Å². The number of hydrogen-bond acceptors (Lipinski definition) is 5. The lowest BCUT2D eigenvalue weighted by Gasteiger charge is -2.11. The van der Waals surface area contributed by atoms with Gasteiger partial charge in [0, 0.05) is 24.0 Å². The van der Waals surface area contributed by atoms with Crippen LogP contribution in [0.5, 0.6) is 5.75 Å². The van der Waals surface area contributed by atoms with Gasteiger partial charge in [-0.2, -0.15) is 5.26 Å². The quantitative estimate of drug-likeness (QED) is 0.771. The van der Waals surface area contributed by atoms with Gasteiger partial charge < -0.3 is 15.0 Å². The van der Waals surface area contributed by atoms with E-state index in [9.17, 15) is 0 Å². The molecule has 0 saturated carbocycles. The minimum absolute atomic E-state index is 0.392. The molecule has 0 amide bonds. The highest BCUT2D eigenvalue weighted by atomic mass is 16.5. The van der Waals surface area contributed by atoms with Gasteiger partial charge >= 0.3 is 0 Å². The highest BCUT2D eigenvalue weighted by molar-refractivity contribution is 6.09. The minimum atomic E-state index is 0.392. The number of aromatic nitrogens is 3. The lowest BCUT2D eigenvalue weighted by Crippen LogP contribution is -2.15. The van der Waals surface area contributed by atoms with Crippen molar-refractivity contribution in [3.63, 3.8) is 0 Å². The molecule has 1 fully saturated rings. The van der Waals surface area contributed by atoms with Gasteiger partial charge in [0.2, 0.25) is 0 Å². The van der Waals surface area contributed by atoms with Crippen molar-refractivity contribution in [2.24, 2.45) is 5.92 Å². The second kappa shape index (κ2) is 5.28. The number of nitrogens with zero attached hydrogens (tertiary/aromatic N) is 3. The fourth-order valence-corrected chi connectivity index (χ4v) is 2.93. The molecule has 4 rings (SSSR count). The maximum absolute atomic E-state index is 9.05. The van der Waals surface area contributed by atoms with Crippen LogP contribution in [0.3, 0.4) is 0 Å². The summed E-state index contributed by atoms with van der Waals surface area (Å²) in [6, 6.07) is 5.73. The smallest absolute Gasteiger partial charge is 0.142 e. The Morgan fingerprint density at radius 2 is 2.36 bits per heavy atom. The Hall–Kier alpha value is -2.65. The first-order valence-corrected chi connectivity index (χ1v) is 7.35. The van der Waals surface area contributed by atoms with Crippen molar-refractivity contribution < 1.29 is 4.74 Å². The lowest BCUT2D eigenvalue weighted by atomic mass is 10.1. The molecule has 0 bridgehead atoms. The van der Waals surface area contributed by atoms with Crippen LogP contribution in [0.2, 0.25) is 0 Å². The monoisotopic (exact) mass is 293 g/mol. The summed E-state index contributed by atoms with van der Waals surface area (Å²) in [7, 11) is 0. The van der Waals surface area contributed by atoms with Crippen molar-refractivity contribution in [2.75, 3.05) is 19.7 Å². The SMILES string of the molecule is N#Cc1cc2c(cn1)[nH]c1nccc(OC[C@H]3CCNC3)c12. The highest BCUT2D eigenvalue weighted by Crippen LogP contribution is 2.32. The largest absolute Gasteiger partial charge is 0.492 e. The van der Waals surface area contributed by atoms with Gasteiger partial charge in [0.1, 0.15) is 23.2 Å². The predicted octanol–water partition coefficient (Wildman–Crippen LogP) is 1.97. The maximum Gasteiger partial charge on any atom is 0.142 e. The van der Waals surface area contributed by atoms with Crippen LogP contribution < -0.4 is 10.1 Å². The normalized spacial score (nSPS) is 17.9. The molecule has 0 aromatic carbocycles. The Morgan fingerprint density at radius 3 is 3.18 bits per heavy atom. The van der Waals surface area contributed by atoms with Crippen molar-refractivity contribution in [3.8, 4) is 11.8 Å². The highest BCUT2D eigenvalue weighted by Gasteiger charge is 2.17. The number of aromatic amines is 1. The fourth-order valence-electron chi connectivity index (χ4n) is 2.93. The predicted molar refractivity (Wildman–Crippen MR) is 82.6 cm³/mol. The van der Waals surface area contributed by atoms with Crippen molar-refractivity contribution in [2.45, 2.75) is 6.42 Å². The van der Waals surface area contributed by atoms with Gasteiger partial charge in [-0.25, -0.2) is 9.97 Å². The Morgan fingerprint density at radius 1 is 1.41 bits per heavy atom. The second-order valence-electron chi connectivity index (χ2n) is 5.55. The maximum atomic E-state index is 9.05. The second-order valence-corrected chi connectivity index (χ2v) is 5.55. The van der Waals surface area contributed by atoms with Gasteiger partial charge in [-0.05, 0) is 25.1 Å². The average molecular weight is 293 g/mol. The summed E-state index contributed by atoms with van der Waals surface area (Å²) in [6.07, 6.45) is 4.55. The number of nitriles is 1. The van der Waals surface area contributed by atoms with Gasteiger partial charge in [-0.15, -0.1) is 0 Å². The van der Waals surface area contributed by atoms with Crippen LogP contribution in [-0.2, 0) is 0 Å². The Kier molecular flexibility index (Phi) is 3.13. The fraction of sp³-hybridized carbons (Fsp3) is 0.312. The van der Waals surface area contributed by atoms with E-state index >= 15 is 0 Å². The number of rotatable bonds is 3. The topological polar surface area (TPSA) is 86.6 Å². The zero-order valence-electron chi connectivity index (χ0n) is 12.0. The molecule has 3 aromatic rings. The molecule has 1 atom stereocenters. The van der Waals surface area contributed by atoms with E-state index < -0.39 is 0 Å². The summed E-state index contributed by atoms with van der Waals surface area (Å²) < 4.78 is 6.04. The number of H-pyrrole nitrogens is 1. The van der Waals surface area contributed by atoms with E-state index in [2.05, 4.69) is 26.3 Å². The van der Waals surface area contributed by atoms with Crippen molar-refractivity contribution in [1.82, 2.24) is 20.3 Å². The van der Waals surface area contributed by atoms with Crippen LogP contribution in [0.1, 0.15) is 12.1 Å². The number of ether oxygens (including phenoxy) is 1. The molecule has 2 N–H and O–H groups in total. The molecule has 6 nitrogen and oxygen atoms in total.